The largest absolute Gasteiger partial charge is 0.347 e. The lowest BCUT2D eigenvalue weighted by molar-refractivity contribution is -0.139. The van der Waals surface area contributed by atoms with Gasteiger partial charge in [-0.25, -0.2) is 4.39 Å². The summed E-state index contributed by atoms with van der Waals surface area (Å²) >= 11 is 0. The van der Waals surface area contributed by atoms with Crippen LogP contribution in [0.3, 0.4) is 0 Å². The van der Waals surface area contributed by atoms with E-state index in [1.807, 2.05) is 0 Å². The fourth-order valence-electron chi connectivity index (χ4n) is 2.58. The number of nitrogens with zero attached hydrogens (tertiary/aromatic N) is 3. The molecule has 0 N–H and O–H groups in total. The number of benzene rings is 1. The molecule has 0 aliphatic carbocycles. The van der Waals surface area contributed by atoms with Crippen LogP contribution in [0.25, 0.3) is 0 Å². The molecule has 1 aliphatic rings. The molecule has 0 aromatic heterocycles. The van der Waals surface area contributed by atoms with Crippen LogP contribution in [0.2, 0.25) is 0 Å². The smallest absolute Gasteiger partial charge is 0.254 e. The van der Waals surface area contributed by atoms with Crippen molar-refractivity contribution in [2.24, 2.45) is 0 Å². The molecule has 6 nitrogen and oxygen atoms in total. The van der Waals surface area contributed by atoms with Crippen molar-refractivity contribution in [3.8, 4) is 0 Å². The molecular formula is C16H20FN3O3. The summed E-state index contributed by atoms with van der Waals surface area (Å²) in [6.07, 6.45) is 0. The van der Waals surface area contributed by atoms with Crippen LogP contribution >= 0.6 is 0 Å². The number of hydrogen-bond acceptors (Lipinski definition) is 3. The highest BCUT2D eigenvalue weighted by Gasteiger charge is 2.37. The van der Waals surface area contributed by atoms with Crippen LogP contribution in [0.1, 0.15) is 17.3 Å². The van der Waals surface area contributed by atoms with E-state index in [-0.39, 0.29) is 30.8 Å². The van der Waals surface area contributed by atoms with Crippen molar-refractivity contribution in [1.82, 2.24) is 14.7 Å². The zero-order valence-electron chi connectivity index (χ0n) is 13.5. The zero-order valence-corrected chi connectivity index (χ0v) is 13.5. The Kier molecular flexibility index (Phi) is 4.98. The lowest BCUT2D eigenvalue weighted by Gasteiger charge is -2.41. The molecule has 7 heteroatoms. The van der Waals surface area contributed by atoms with Crippen molar-refractivity contribution in [3.05, 3.63) is 35.6 Å². The molecule has 3 amide bonds. The van der Waals surface area contributed by atoms with E-state index >= 15 is 0 Å². The van der Waals surface area contributed by atoms with Crippen molar-refractivity contribution < 1.29 is 18.8 Å². The fraction of sp³-hybridized carbons (Fsp3) is 0.438. The fourth-order valence-corrected chi connectivity index (χ4v) is 2.58. The van der Waals surface area contributed by atoms with E-state index in [2.05, 4.69) is 0 Å². The van der Waals surface area contributed by atoms with Crippen molar-refractivity contribution >= 4 is 17.7 Å². The molecule has 0 spiro atoms. The van der Waals surface area contributed by atoms with Crippen LogP contribution in [0, 0.1) is 5.82 Å². The summed E-state index contributed by atoms with van der Waals surface area (Å²) in [7, 11) is 3.21. The van der Waals surface area contributed by atoms with Crippen molar-refractivity contribution in [2.75, 3.05) is 33.7 Å². The van der Waals surface area contributed by atoms with Gasteiger partial charge in [-0.05, 0) is 24.3 Å². The monoisotopic (exact) mass is 321 g/mol. The number of amides is 3. The van der Waals surface area contributed by atoms with Crippen LogP contribution in [0.5, 0.6) is 0 Å². The first-order chi connectivity index (χ1) is 10.8. The van der Waals surface area contributed by atoms with Gasteiger partial charge in [0.15, 0.2) is 0 Å². The van der Waals surface area contributed by atoms with Gasteiger partial charge < -0.3 is 14.7 Å². The molecule has 124 valence electrons. The zero-order chi connectivity index (χ0) is 17.1. The normalized spacial score (nSPS) is 17.8. The Bertz CT molecular complexity index is 616. The van der Waals surface area contributed by atoms with Gasteiger partial charge in [-0.1, -0.05) is 0 Å². The summed E-state index contributed by atoms with van der Waals surface area (Å²) in [5, 5.41) is 0. The quantitative estimate of drug-likeness (QED) is 0.801. The van der Waals surface area contributed by atoms with Gasteiger partial charge in [0.2, 0.25) is 11.8 Å². The Labute approximate surface area is 134 Å². The van der Waals surface area contributed by atoms with Crippen LogP contribution < -0.4 is 0 Å². The van der Waals surface area contributed by atoms with Crippen molar-refractivity contribution in [1.29, 1.82) is 0 Å². The topological polar surface area (TPSA) is 60.9 Å². The van der Waals surface area contributed by atoms with Crippen molar-refractivity contribution in [2.45, 2.75) is 13.0 Å². The first-order valence-corrected chi connectivity index (χ1v) is 7.34. The maximum absolute atomic E-state index is 13.0. The van der Waals surface area contributed by atoms with Crippen LogP contribution in [-0.4, -0.2) is 72.2 Å². The number of carbonyl (C=O) groups is 3. The summed E-state index contributed by atoms with van der Waals surface area (Å²) in [6.45, 7) is 2.24. The molecule has 1 fully saturated rings. The SMILES string of the molecule is CC(=O)N1CCN(C(=O)c2ccc(F)cc2)[C@@H](C(=O)N(C)C)C1. The van der Waals surface area contributed by atoms with E-state index in [4.69, 9.17) is 0 Å². The van der Waals surface area contributed by atoms with Gasteiger partial charge >= 0.3 is 0 Å². The van der Waals surface area contributed by atoms with E-state index in [1.54, 1.807) is 19.0 Å². The maximum Gasteiger partial charge on any atom is 0.254 e. The predicted octanol–water partition coefficient (Wildman–Crippen LogP) is 0.587. The van der Waals surface area contributed by atoms with Gasteiger partial charge in [0.05, 0.1) is 6.54 Å². The minimum absolute atomic E-state index is 0.129. The molecule has 1 saturated heterocycles. The first kappa shape index (κ1) is 16.9. The molecule has 0 unspecified atom stereocenters. The molecule has 1 aromatic rings. The molecule has 1 aliphatic heterocycles. The predicted molar refractivity (Wildman–Crippen MR) is 82.2 cm³/mol. The average Bonchev–Trinajstić information content (AvgIpc) is 2.53. The number of halogens is 1. The standard InChI is InChI=1S/C16H20FN3O3/c1-11(21)19-8-9-20(14(10-19)16(23)18(2)3)15(22)12-4-6-13(17)7-5-12/h4-7,14H,8-10H2,1-3H3/t14-/m1/s1. The maximum atomic E-state index is 13.0. The van der Waals surface area contributed by atoms with Gasteiger partial charge in [0.1, 0.15) is 11.9 Å². The van der Waals surface area contributed by atoms with Crippen LogP contribution in [-0.2, 0) is 9.59 Å². The summed E-state index contributed by atoms with van der Waals surface area (Å²) in [4.78, 5) is 41.0. The summed E-state index contributed by atoms with van der Waals surface area (Å²) in [5.41, 5.74) is 0.319. The third kappa shape index (κ3) is 3.67. The van der Waals surface area contributed by atoms with E-state index in [0.29, 0.717) is 12.1 Å². The summed E-state index contributed by atoms with van der Waals surface area (Å²) in [6, 6.07) is 4.47. The van der Waals surface area contributed by atoms with Crippen LogP contribution in [0.4, 0.5) is 4.39 Å². The highest BCUT2D eigenvalue weighted by Crippen LogP contribution is 2.16. The summed E-state index contributed by atoms with van der Waals surface area (Å²) < 4.78 is 13.0. The third-order valence-electron chi connectivity index (χ3n) is 3.90. The first-order valence-electron chi connectivity index (χ1n) is 7.34. The number of piperazine rings is 1. The second-order valence-corrected chi connectivity index (χ2v) is 5.72. The number of carbonyl (C=O) groups excluding carboxylic acids is 3. The molecule has 0 bridgehead atoms. The lowest BCUT2D eigenvalue weighted by atomic mass is 10.1. The molecule has 0 saturated carbocycles. The molecule has 1 heterocycles. The highest BCUT2D eigenvalue weighted by atomic mass is 19.1. The van der Waals surface area contributed by atoms with E-state index in [9.17, 15) is 18.8 Å². The molecule has 1 atom stereocenters. The van der Waals surface area contributed by atoms with Gasteiger partial charge in [-0.2, -0.15) is 0 Å². The van der Waals surface area contributed by atoms with Gasteiger partial charge in [-0.15, -0.1) is 0 Å². The van der Waals surface area contributed by atoms with E-state index in [0.717, 1.165) is 0 Å². The second-order valence-electron chi connectivity index (χ2n) is 5.72. The Hall–Kier alpha value is -2.44. The molecule has 2 rings (SSSR count). The number of rotatable bonds is 2. The Morgan fingerprint density at radius 3 is 2.26 bits per heavy atom. The average molecular weight is 321 g/mol. The minimum Gasteiger partial charge on any atom is -0.347 e. The third-order valence-corrected chi connectivity index (χ3v) is 3.90. The minimum atomic E-state index is -0.736. The molecule has 23 heavy (non-hydrogen) atoms. The summed E-state index contributed by atoms with van der Waals surface area (Å²) in [5.74, 6) is -1.14. The molecule has 1 aromatic carbocycles. The Morgan fingerprint density at radius 2 is 1.74 bits per heavy atom. The Morgan fingerprint density at radius 1 is 1.13 bits per heavy atom. The van der Waals surface area contributed by atoms with E-state index in [1.165, 1.54) is 41.0 Å². The number of hydrogen-bond donors (Lipinski definition) is 0. The molecular weight excluding hydrogens is 301 g/mol. The van der Waals surface area contributed by atoms with Crippen molar-refractivity contribution in [3.63, 3.8) is 0 Å². The van der Waals surface area contributed by atoms with Gasteiger partial charge in [0.25, 0.3) is 5.91 Å². The van der Waals surface area contributed by atoms with Crippen LogP contribution in [0.15, 0.2) is 24.3 Å². The van der Waals surface area contributed by atoms with E-state index < -0.39 is 11.9 Å². The van der Waals surface area contributed by atoms with Gasteiger partial charge in [0, 0.05) is 39.7 Å². The molecule has 0 radical (unpaired) electrons. The number of likely N-dealkylation sites (N-methyl/N-ethyl adjacent to an activating group) is 1. The van der Waals surface area contributed by atoms with Gasteiger partial charge in [-0.3, -0.25) is 14.4 Å². The lowest BCUT2D eigenvalue weighted by Crippen LogP contribution is -2.61. The highest BCUT2D eigenvalue weighted by molar-refractivity contribution is 5.98. The second kappa shape index (κ2) is 6.76. The Balaban J connectivity index is 2.27.